The van der Waals surface area contributed by atoms with Crippen molar-refractivity contribution in [2.75, 3.05) is 17.7 Å². The molecule has 0 amide bonds. The number of rotatable bonds is 2. The standard InChI is InChI=1S/C10H16N2S/c1-10(2,13-3)7-5-4-6-8(11)9(7)12/h4-6H,11-12H2,1-3H3. The van der Waals surface area contributed by atoms with E-state index in [1.54, 1.807) is 11.8 Å². The fourth-order valence-electron chi connectivity index (χ4n) is 1.22. The average molecular weight is 196 g/mol. The molecule has 0 heterocycles. The maximum Gasteiger partial charge on any atom is 0.0594 e. The van der Waals surface area contributed by atoms with Crippen LogP contribution in [0.1, 0.15) is 19.4 Å². The van der Waals surface area contributed by atoms with Gasteiger partial charge < -0.3 is 11.5 Å². The van der Waals surface area contributed by atoms with Crippen LogP contribution in [0.5, 0.6) is 0 Å². The van der Waals surface area contributed by atoms with Crippen LogP contribution in [-0.2, 0) is 4.75 Å². The molecule has 0 fully saturated rings. The molecular weight excluding hydrogens is 180 g/mol. The number of thioether (sulfide) groups is 1. The lowest BCUT2D eigenvalue weighted by Crippen LogP contribution is -2.14. The van der Waals surface area contributed by atoms with E-state index in [-0.39, 0.29) is 4.75 Å². The first kappa shape index (κ1) is 10.3. The molecule has 0 saturated carbocycles. The molecule has 0 aliphatic carbocycles. The summed E-state index contributed by atoms with van der Waals surface area (Å²) in [5.41, 5.74) is 14.1. The van der Waals surface area contributed by atoms with Crippen molar-refractivity contribution in [3.63, 3.8) is 0 Å². The van der Waals surface area contributed by atoms with Gasteiger partial charge >= 0.3 is 0 Å². The van der Waals surface area contributed by atoms with Gasteiger partial charge in [-0.05, 0) is 31.7 Å². The van der Waals surface area contributed by atoms with E-state index in [4.69, 9.17) is 11.5 Å². The SMILES string of the molecule is CSC(C)(C)c1cccc(N)c1N. The predicted octanol–water partition coefficient (Wildman–Crippen LogP) is 2.45. The molecule has 0 saturated heterocycles. The van der Waals surface area contributed by atoms with Crippen LogP contribution in [0.3, 0.4) is 0 Å². The van der Waals surface area contributed by atoms with Crippen LogP contribution in [0, 0.1) is 0 Å². The molecular formula is C10H16N2S. The maximum absolute atomic E-state index is 5.91. The maximum atomic E-state index is 5.91. The van der Waals surface area contributed by atoms with Crippen molar-refractivity contribution >= 4 is 23.1 Å². The first-order chi connectivity index (χ1) is 5.99. The van der Waals surface area contributed by atoms with Gasteiger partial charge in [-0.15, -0.1) is 0 Å². The Hall–Kier alpha value is -0.830. The Labute approximate surface area is 83.7 Å². The van der Waals surface area contributed by atoms with Crippen molar-refractivity contribution in [2.45, 2.75) is 18.6 Å². The van der Waals surface area contributed by atoms with Gasteiger partial charge in [-0.2, -0.15) is 11.8 Å². The number of nitrogen functional groups attached to an aromatic ring is 2. The average Bonchev–Trinajstić information content (AvgIpc) is 2.09. The van der Waals surface area contributed by atoms with Crippen LogP contribution in [0.2, 0.25) is 0 Å². The van der Waals surface area contributed by atoms with Gasteiger partial charge in [0.1, 0.15) is 0 Å². The molecule has 2 nitrogen and oxygen atoms in total. The fraction of sp³-hybridized carbons (Fsp3) is 0.400. The molecule has 0 spiro atoms. The molecule has 1 aromatic carbocycles. The highest BCUT2D eigenvalue weighted by molar-refractivity contribution is 7.99. The normalized spacial score (nSPS) is 11.6. The Balaban J connectivity index is 3.22. The Bertz CT molecular complexity index is 308. The minimum Gasteiger partial charge on any atom is -0.397 e. The van der Waals surface area contributed by atoms with E-state index in [9.17, 15) is 0 Å². The van der Waals surface area contributed by atoms with E-state index in [0.717, 1.165) is 5.56 Å². The van der Waals surface area contributed by atoms with Crippen LogP contribution >= 0.6 is 11.8 Å². The summed E-state index contributed by atoms with van der Waals surface area (Å²) in [7, 11) is 0. The first-order valence-corrected chi connectivity index (χ1v) is 5.41. The van der Waals surface area contributed by atoms with E-state index in [1.807, 2.05) is 18.2 Å². The fourth-order valence-corrected chi connectivity index (χ4v) is 1.62. The number of anilines is 2. The van der Waals surface area contributed by atoms with Gasteiger partial charge in [0.05, 0.1) is 11.4 Å². The zero-order chi connectivity index (χ0) is 10.1. The Morgan fingerprint density at radius 1 is 1.23 bits per heavy atom. The highest BCUT2D eigenvalue weighted by atomic mass is 32.2. The van der Waals surface area contributed by atoms with Crippen molar-refractivity contribution < 1.29 is 0 Å². The van der Waals surface area contributed by atoms with Crippen molar-refractivity contribution in [3.8, 4) is 0 Å². The highest BCUT2D eigenvalue weighted by Crippen LogP contribution is 2.38. The van der Waals surface area contributed by atoms with E-state index >= 15 is 0 Å². The summed E-state index contributed by atoms with van der Waals surface area (Å²) in [4.78, 5) is 0. The van der Waals surface area contributed by atoms with E-state index < -0.39 is 0 Å². The Kier molecular flexibility index (Phi) is 2.76. The predicted molar refractivity (Wildman–Crippen MR) is 61.8 cm³/mol. The lowest BCUT2D eigenvalue weighted by Gasteiger charge is -2.24. The van der Waals surface area contributed by atoms with Gasteiger partial charge in [-0.1, -0.05) is 12.1 Å². The van der Waals surface area contributed by atoms with Crippen LogP contribution in [0.25, 0.3) is 0 Å². The minimum absolute atomic E-state index is 0.0272. The number of benzene rings is 1. The molecule has 0 atom stereocenters. The molecule has 13 heavy (non-hydrogen) atoms. The quantitative estimate of drug-likeness (QED) is 0.714. The third-order valence-electron chi connectivity index (χ3n) is 2.30. The van der Waals surface area contributed by atoms with E-state index in [2.05, 4.69) is 20.1 Å². The highest BCUT2D eigenvalue weighted by Gasteiger charge is 2.21. The number of nitrogens with two attached hydrogens (primary N) is 2. The van der Waals surface area contributed by atoms with Gasteiger partial charge in [-0.25, -0.2) is 0 Å². The molecule has 4 N–H and O–H groups in total. The molecule has 0 unspecified atom stereocenters. The zero-order valence-electron chi connectivity index (χ0n) is 8.29. The molecule has 1 aromatic rings. The summed E-state index contributed by atoms with van der Waals surface area (Å²) in [5, 5.41) is 0. The molecule has 72 valence electrons. The monoisotopic (exact) mass is 196 g/mol. The number of hydrogen-bond acceptors (Lipinski definition) is 3. The topological polar surface area (TPSA) is 52.0 Å². The van der Waals surface area contributed by atoms with E-state index in [0.29, 0.717) is 11.4 Å². The lowest BCUT2D eigenvalue weighted by atomic mass is 9.99. The van der Waals surface area contributed by atoms with Crippen LogP contribution in [0.15, 0.2) is 18.2 Å². The van der Waals surface area contributed by atoms with Crippen LogP contribution in [0.4, 0.5) is 11.4 Å². The summed E-state index contributed by atoms with van der Waals surface area (Å²) >= 11 is 1.77. The second-order valence-electron chi connectivity index (χ2n) is 3.52. The third kappa shape index (κ3) is 1.91. The molecule has 0 bridgehead atoms. The van der Waals surface area contributed by atoms with Crippen molar-refractivity contribution in [1.29, 1.82) is 0 Å². The molecule has 0 aliphatic rings. The molecule has 0 aliphatic heterocycles. The Morgan fingerprint density at radius 3 is 2.38 bits per heavy atom. The van der Waals surface area contributed by atoms with Gasteiger partial charge in [0.25, 0.3) is 0 Å². The summed E-state index contributed by atoms with van der Waals surface area (Å²) in [6, 6.07) is 5.80. The van der Waals surface area contributed by atoms with Crippen LogP contribution < -0.4 is 11.5 Å². The van der Waals surface area contributed by atoms with Gasteiger partial charge in [0.2, 0.25) is 0 Å². The Morgan fingerprint density at radius 2 is 1.85 bits per heavy atom. The lowest BCUT2D eigenvalue weighted by molar-refractivity contribution is 0.789. The first-order valence-electron chi connectivity index (χ1n) is 4.18. The number of hydrogen-bond donors (Lipinski definition) is 2. The number of para-hydroxylation sites is 1. The minimum atomic E-state index is 0.0272. The zero-order valence-corrected chi connectivity index (χ0v) is 9.11. The summed E-state index contributed by atoms with van der Waals surface area (Å²) in [6.45, 7) is 4.28. The molecule has 1 rings (SSSR count). The third-order valence-corrected chi connectivity index (χ3v) is 3.54. The van der Waals surface area contributed by atoms with E-state index in [1.165, 1.54) is 0 Å². The van der Waals surface area contributed by atoms with Gasteiger partial charge in [0, 0.05) is 4.75 Å². The second-order valence-corrected chi connectivity index (χ2v) is 4.95. The van der Waals surface area contributed by atoms with Crippen molar-refractivity contribution in [3.05, 3.63) is 23.8 Å². The summed E-state index contributed by atoms with van der Waals surface area (Å²) < 4.78 is 0.0272. The van der Waals surface area contributed by atoms with Gasteiger partial charge in [0.15, 0.2) is 0 Å². The second kappa shape index (κ2) is 3.50. The molecule has 0 radical (unpaired) electrons. The smallest absolute Gasteiger partial charge is 0.0594 e. The van der Waals surface area contributed by atoms with Crippen molar-refractivity contribution in [2.24, 2.45) is 0 Å². The molecule has 3 heteroatoms. The van der Waals surface area contributed by atoms with Crippen molar-refractivity contribution in [1.82, 2.24) is 0 Å². The van der Waals surface area contributed by atoms with Gasteiger partial charge in [-0.3, -0.25) is 0 Å². The van der Waals surface area contributed by atoms with Crippen LogP contribution in [-0.4, -0.2) is 6.26 Å². The molecule has 0 aromatic heterocycles. The summed E-state index contributed by atoms with van der Waals surface area (Å²) in [6.07, 6.45) is 2.07. The largest absolute Gasteiger partial charge is 0.397 e. The summed E-state index contributed by atoms with van der Waals surface area (Å²) in [5.74, 6) is 0.